The van der Waals surface area contributed by atoms with Gasteiger partial charge in [-0.1, -0.05) is 6.92 Å². The van der Waals surface area contributed by atoms with Gasteiger partial charge in [-0.2, -0.15) is 5.10 Å². The van der Waals surface area contributed by atoms with E-state index in [1.54, 1.807) is 12.5 Å². The maximum atomic E-state index is 4.26. The van der Waals surface area contributed by atoms with Gasteiger partial charge < -0.3 is 9.88 Å². The van der Waals surface area contributed by atoms with Crippen molar-refractivity contribution in [1.82, 2.24) is 29.6 Å². The summed E-state index contributed by atoms with van der Waals surface area (Å²) < 4.78 is 4.00. The molecule has 1 atom stereocenters. The predicted molar refractivity (Wildman–Crippen MR) is 68.8 cm³/mol. The summed E-state index contributed by atoms with van der Waals surface area (Å²) in [5.74, 6) is 0.988. The third-order valence-corrected chi connectivity index (χ3v) is 3.03. The van der Waals surface area contributed by atoms with Crippen LogP contribution in [-0.2, 0) is 19.6 Å². The van der Waals surface area contributed by atoms with Gasteiger partial charge in [-0.3, -0.25) is 0 Å². The van der Waals surface area contributed by atoms with Crippen LogP contribution in [-0.4, -0.2) is 30.4 Å². The number of nitrogens with one attached hydrogen (secondary N) is 1. The number of imidazole rings is 1. The molecule has 0 spiro atoms. The monoisotopic (exact) mass is 248 g/mol. The van der Waals surface area contributed by atoms with Crippen LogP contribution in [0.2, 0.25) is 0 Å². The first kappa shape index (κ1) is 12.8. The van der Waals surface area contributed by atoms with E-state index in [-0.39, 0.29) is 0 Å². The molecule has 2 aromatic rings. The Morgan fingerprint density at radius 2 is 2.28 bits per heavy atom. The van der Waals surface area contributed by atoms with E-state index < -0.39 is 0 Å². The van der Waals surface area contributed by atoms with Gasteiger partial charge in [-0.25, -0.2) is 14.6 Å². The second kappa shape index (κ2) is 6.30. The molecule has 2 rings (SSSR count). The summed E-state index contributed by atoms with van der Waals surface area (Å²) >= 11 is 0. The van der Waals surface area contributed by atoms with E-state index in [4.69, 9.17) is 0 Å². The highest BCUT2D eigenvalue weighted by atomic mass is 15.3. The Hall–Kier alpha value is -1.69. The van der Waals surface area contributed by atoms with Crippen LogP contribution in [0.25, 0.3) is 0 Å². The average Bonchev–Trinajstić information content (AvgIpc) is 3.05. The molecule has 6 heteroatoms. The molecule has 1 unspecified atom stereocenters. The van der Waals surface area contributed by atoms with Crippen LogP contribution < -0.4 is 5.32 Å². The lowest BCUT2D eigenvalue weighted by molar-refractivity contribution is 0.422. The normalized spacial score (nSPS) is 12.8. The predicted octanol–water partition coefficient (Wildman–Crippen LogP) is 1.06. The maximum Gasteiger partial charge on any atom is 0.140 e. The minimum atomic E-state index is 0.418. The van der Waals surface area contributed by atoms with E-state index in [1.165, 1.54) is 0 Å². The lowest BCUT2D eigenvalue weighted by Gasteiger charge is -2.17. The molecule has 2 aromatic heterocycles. The summed E-state index contributed by atoms with van der Waals surface area (Å²) in [4.78, 5) is 8.32. The van der Waals surface area contributed by atoms with Crippen LogP contribution in [0.5, 0.6) is 0 Å². The maximum absolute atomic E-state index is 4.26. The van der Waals surface area contributed by atoms with Crippen molar-refractivity contribution in [3.8, 4) is 0 Å². The second-order valence-electron chi connectivity index (χ2n) is 4.24. The van der Waals surface area contributed by atoms with E-state index in [1.807, 2.05) is 17.2 Å². The van der Waals surface area contributed by atoms with Crippen molar-refractivity contribution in [3.63, 3.8) is 0 Å². The van der Waals surface area contributed by atoms with Crippen LogP contribution in [0.15, 0.2) is 25.0 Å². The molecule has 0 aliphatic rings. The van der Waals surface area contributed by atoms with Crippen molar-refractivity contribution in [2.24, 2.45) is 0 Å². The Labute approximate surface area is 107 Å². The van der Waals surface area contributed by atoms with Crippen LogP contribution in [0.4, 0.5) is 0 Å². The zero-order valence-corrected chi connectivity index (χ0v) is 11.0. The van der Waals surface area contributed by atoms with Gasteiger partial charge in [-0.15, -0.1) is 0 Å². The van der Waals surface area contributed by atoms with E-state index in [2.05, 4.69) is 38.8 Å². The fourth-order valence-corrected chi connectivity index (χ4v) is 1.91. The number of aromatic nitrogens is 5. The Kier molecular flexibility index (Phi) is 4.46. The van der Waals surface area contributed by atoms with Gasteiger partial charge in [0.05, 0.1) is 12.9 Å². The largest absolute Gasteiger partial charge is 0.336 e. The number of nitrogens with zero attached hydrogens (tertiary/aromatic N) is 5. The lowest BCUT2D eigenvalue weighted by Crippen LogP contribution is -2.33. The zero-order chi connectivity index (χ0) is 12.8. The molecule has 0 amide bonds. The minimum Gasteiger partial charge on any atom is -0.336 e. The molecule has 0 aliphatic heterocycles. The van der Waals surface area contributed by atoms with Crippen LogP contribution >= 0.6 is 0 Å². The first-order valence-corrected chi connectivity index (χ1v) is 6.39. The summed E-state index contributed by atoms with van der Waals surface area (Å²) in [6.07, 6.45) is 8.31. The molecule has 98 valence electrons. The molecule has 0 saturated heterocycles. The zero-order valence-electron chi connectivity index (χ0n) is 11.0. The van der Waals surface area contributed by atoms with Crippen molar-refractivity contribution in [3.05, 3.63) is 30.9 Å². The molecule has 0 aliphatic carbocycles. The van der Waals surface area contributed by atoms with E-state index in [9.17, 15) is 0 Å². The molecular weight excluding hydrogens is 228 g/mol. The fourth-order valence-electron chi connectivity index (χ4n) is 1.91. The summed E-state index contributed by atoms with van der Waals surface area (Å²) in [5.41, 5.74) is 0. The topological polar surface area (TPSA) is 60.6 Å². The highest BCUT2D eigenvalue weighted by molar-refractivity contribution is 4.85. The summed E-state index contributed by atoms with van der Waals surface area (Å²) in [6.45, 7) is 6.78. The van der Waals surface area contributed by atoms with Crippen LogP contribution in [0.1, 0.15) is 26.1 Å². The smallest absolute Gasteiger partial charge is 0.140 e. The first-order valence-electron chi connectivity index (χ1n) is 6.39. The Balaban J connectivity index is 1.87. The van der Waals surface area contributed by atoms with Gasteiger partial charge in [0.2, 0.25) is 0 Å². The summed E-state index contributed by atoms with van der Waals surface area (Å²) in [7, 11) is 0. The van der Waals surface area contributed by atoms with Crippen molar-refractivity contribution >= 4 is 0 Å². The quantitative estimate of drug-likeness (QED) is 0.796. The summed E-state index contributed by atoms with van der Waals surface area (Å²) in [6, 6.07) is 0.418. The van der Waals surface area contributed by atoms with Gasteiger partial charge in [0.25, 0.3) is 0 Å². The Bertz CT molecular complexity index is 447. The minimum absolute atomic E-state index is 0.418. The molecule has 1 N–H and O–H groups in total. The van der Waals surface area contributed by atoms with Crippen molar-refractivity contribution < 1.29 is 0 Å². The molecule has 0 saturated carbocycles. The SMILES string of the molecule is CCC(Cn1ccnc1)NCc1ncnn1CC. The van der Waals surface area contributed by atoms with Gasteiger partial charge in [0.15, 0.2) is 0 Å². The Morgan fingerprint density at radius 1 is 1.39 bits per heavy atom. The third kappa shape index (κ3) is 3.16. The number of hydrogen-bond acceptors (Lipinski definition) is 4. The van der Waals surface area contributed by atoms with Gasteiger partial charge >= 0.3 is 0 Å². The van der Waals surface area contributed by atoms with Crippen molar-refractivity contribution in [2.45, 2.75) is 45.9 Å². The van der Waals surface area contributed by atoms with Crippen molar-refractivity contribution in [2.75, 3.05) is 0 Å². The van der Waals surface area contributed by atoms with Crippen LogP contribution in [0, 0.1) is 0 Å². The van der Waals surface area contributed by atoms with Crippen LogP contribution in [0.3, 0.4) is 0 Å². The molecule has 0 bridgehead atoms. The van der Waals surface area contributed by atoms with Gasteiger partial charge in [0.1, 0.15) is 12.2 Å². The van der Waals surface area contributed by atoms with Crippen molar-refractivity contribution in [1.29, 1.82) is 0 Å². The highest BCUT2D eigenvalue weighted by Crippen LogP contribution is 2.00. The molecule has 0 fully saturated rings. The van der Waals surface area contributed by atoms with Gasteiger partial charge in [0, 0.05) is 31.5 Å². The second-order valence-corrected chi connectivity index (χ2v) is 4.24. The fraction of sp³-hybridized carbons (Fsp3) is 0.583. The first-order chi connectivity index (χ1) is 8.83. The molecule has 18 heavy (non-hydrogen) atoms. The molecule has 0 aromatic carbocycles. The molecule has 2 heterocycles. The lowest BCUT2D eigenvalue weighted by atomic mass is 10.2. The third-order valence-electron chi connectivity index (χ3n) is 3.03. The summed E-state index contributed by atoms with van der Waals surface area (Å²) in [5, 5.41) is 7.68. The number of rotatable bonds is 7. The molecule has 0 radical (unpaired) electrons. The van der Waals surface area contributed by atoms with E-state index in [0.29, 0.717) is 6.04 Å². The number of aryl methyl sites for hydroxylation is 1. The van der Waals surface area contributed by atoms with Gasteiger partial charge in [-0.05, 0) is 13.3 Å². The van der Waals surface area contributed by atoms with E-state index >= 15 is 0 Å². The molecule has 6 nitrogen and oxygen atoms in total. The average molecular weight is 248 g/mol. The standard InChI is InChI=1S/C12H20N6/c1-3-11(8-17-6-5-13-10-17)14-7-12-15-9-16-18(12)4-2/h5-6,9-11,14H,3-4,7-8H2,1-2H3. The highest BCUT2D eigenvalue weighted by Gasteiger charge is 2.08. The molecular formula is C12H20N6. The van der Waals surface area contributed by atoms with E-state index in [0.717, 1.165) is 31.9 Å². The Morgan fingerprint density at radius 3 is 2.94 bits per heavy atom. The number of hydrogen-bond donors (Lipinski definition) is 1.